The first-order valence-corrected chi connectivity index (χ1v) is 12.9. The van der Waals surface area contributed by atoms with Gasteiger partial charge in [0.25, 0.3) is 5.91 Å². The predicted octanol–water partition coefficient (Wildman–Crippen LogP) is 6.22. The Morgan fingerprint density at radius 1 is 1.08 bits per heavy atom. The van der Waals surface area contributed by atoms with Gasteiger partial charge in [-0.05, 0) is 75.8 Å². The highest BCUT2D eigenvalue weighted by Gasteiger charge is 2.27. The molecule has 0 radical (unpaired) electrons. The maximum Gasteiger partial charge on any atom is 0.415 e. The number of aromatic nitrogens is 1. The number of hydrogen-bond acceptors (Lipinski definition) is 5. The van der Waals surface area contributed by atoms with Gasteiger partial charge in [0.2, 0.25) is 0 Å². The van der Waals surface area contributed by atoms with Crippen molar-refractivity contribution in [1.29, 1.82) is 5.26 Å². The van der Waals surface area contributed by atoms with E-state index < -0.39 is 11.7 Å². The van der Waals surface area contributed by atoms with E-state index in [9.17, 15) is 14.9 Å². The average Bonchev–Trinajstić information content (AvgIpc) is 2.90. The molecule has 0 N–H and O–H groups in total. The van der Waals surface area contributed by atoms with Gasteiger partial charge in [0, 0.05) is 19.3 Å². The number of nitriles is 1. The molecule has 1 fully saturated rings. The molecule has 1 saturated heterocycles. The number of likely N-dealkylation sites (tertiary alicyclic amines) is 1. The normalized spacial score (nSPS) is 14.0. The Morgan fingerprint density at radius 3 is 2.50 bits per heavy atom. The van der Waals surface area contributed by atoms with Crippen molar-refractivity contribution in [1.82, 2.24) is 9.88 Å². The van der Waals surface area contributed by atoms with Crippen molar-refractivity contribution < 1.29 is 14.3 Å². The fourth-order valence-corrected chi connectivity index (χ4v) is 4.71. The van der Waals surface area contributed by atoms with Gasteiger partial charge in [0.1, 0.15) is 5.60 Å². The van der Waals surface area contributed by atoms with E-state index in [0.29, 0.717) is 35.8 Å². The van der Waals surface area contributed by atoms with Crippen LogP contribution < -0.4 is 4.90 Å². The van der Waals surface area contributed by atoms with Crippen LogP contribution in [0.25, 0.3) is 0 Å². The van der Waals surface area contributed by atoms with Crippen molar-refractivity contribution >= 4 is 17.7 Å². The minimum Gasteiger partial charge on any atom is -0.443 e. The number of carbonyl (C=O) groups excluding carboxylic acids is 2. The highest BCUT2D eigenvalue weighted by molar-refractivity contribution is 5.96. The third kappa shape index (κ3) is 6.77. The van der Waals surface area contributed by atoms with E-state index in [0.717, 1.165) is 18.4 Å². The third-order valence-corrected chi connectivity index (χ3v) is 6.59. The van der Waals surface area contributed by atoms with Gasteiger partial charge in [0.05, 0.1) is 35.6 Å². The number of piperidine rings is 1. The molecule has 2 amide bonds. The lowest BCUT2D eigenvalue weighted by atomic mass is 9.88. The molecule has 2 heterocycles. The number of pyridine rings is 1. The van der Waals surface area contributed by atoms with Crippen LogP contribution in [-0.4, -0.2) is 40.6 Å². The Morgan fingerprint density at radius 2 is 1.82 bits per heavy atom. The van der Waals surface area contributed by atoms with Crippen LogP contribution >= 0.6 is 0 Å². The lowest BCUT2D eigenvalue weighted by Crippen LogP contribution is -2.38. The molecular weight excluding hydrogens is 476 g/mol. The number of ether oxygens (including phenoxy) is 1. The summed E-state index contributed by atoms with van der Waals surface area (Å²) in [5, 5.41) is 9.28. The third-order valence-electron chi connectivity index (χ3n) is 6.59. The first kappa shape index (κ1) is 26.9. The van der Waals surface area contributed by atoms with E-state index in [4.69, 9.17) is 4.74 Å². The van der Waals surface area contributed by atoms with Crippen LogP contribution in [0.2, 0.25) is 0 Å². The van der Waals surface area contributed by atoms with E-state index >= 15 is 0 Å². The zero-order valence-electron chi connectivity index (χ0n) is 22.5. The highest BCUT2D eigenvalue weighted by Crippen LogP contribution is 2.30. The monoisotopic (exact) mass is 510 g/mol. The molecule has 4 rings (SSSR count). The molecule has 0 spiro atoms. The molecule has 196 valence electrons. The second-order valence-electron chi connectivity index (χ2n) is 10.8. The summed E-state index contributed by atoms with van der Waals surface area (Å²) in [6, 6.07) is 19.5. The standard InChI is InChI=1S/C31H34N4O3/c1-22-7-5-10-26(15-22)25-11-13-34(14-12-25)29(36)27-17-28(20-33-19-27)35(30(37)38-31(2,3)4)21-24-9-6-8-23(16-24)18-32/h5-10,15-17,19-20,25H,11-14,21H2,1-4H3. The van der Waals surface area contributed by atoms with Gasteiger partial charge in [-0.2, -0.15) is 5.26 Å². The summed E-state index contributed by atoms with van der Waals surface area (Å²) in [7, 11) is 0. The van der Waals surface area contributed by atoms with Gasteiger partial charge in [-0.1, -0.05) is 42.0 Å². The molecule has 2 aromatic carbocycles. The summed E-state index contributed by atoms with van der Waals surface area (Å²) in [5.74, 6) is 0.341. The molecule has 0 bridgehead atoms. The predicted molar refractivity (Wildman–Crippen MR) is 147 cm³/mol. The molecule has 3 aromatic rings. The fraction of sp³-hybridized carbons (Fsp3) is 0.355. The zero-order valence-corrected chi connectivity index (χ0v) is 22.5. The van der Waals surface area contributed by atoms with Gasteiger partial charge >= 0.3 is 6.09 Å². The molecule has 0 unspecified atom stereocenters. The van der Waals surface area contributed by atoms with Gasteiger partial charge < -0.3 is 9.64 Å². The van der Waals surface area contributed by atoms with Crippen molar-refractivity contribution in [3.63, 3.8) is 0 Å². The van der Waals surface area contributed by atoms with Gasteiger partial charge in [0.15, 0.2) is 0 Å². The Balaban J connectivity index is 1.53. The first-order chi connectivity index (χ1) is 18.1. The quantitative estimate of drug-likeness (QED) is 0.406. The molecular formula is C31H34N4O3. The van der Waals surface area contributed by atoms with Gasteiger partial charge in [-0.3, -0.25) is 14.7 Å². The second-order valence-corrected chi connectivity index (χ2v) is 10.8. The van der Waals surface area contributed by atoms with Crippen molar-refractivity contribution in [2.75, 3.05) is 18.0 Å². The van der Waals surface area contributed by atoms with Crippen molar-refractivity contribution in [2.24, 2.45) is 0 Å². The SMILES string of the molecule is Cc1cccc(C2CCN(C(=O)c3cncc(N(Cc4cccc(C#N)c4)C(=O)OC(C)(C)C)c3)CC2)c1. The number of carbonyl (C=O) groups is 2. The Labute approximate surface area is 224 Å². The molecule has 1 aliphatic rings. The second kappa shape index (κ2) is 11.5. The van der Waals surface area contributed by atoms with E-state index in [1.165, 1.54) is 16.0 Å². The molecule has 1 aliphatic heterocycles. The number of nitrogens with zero attached hydrogens (tertiary/aromatic N) is 4. The number of hydrogen-bond donors (Lipinski definition) is 0. The van der Waals surface area contributed by atoms with Crippen LogP contribution in [0.3, 0.4) is 0 Å². The summed E-state index contributed by atoms with van der Waals surface area (Å²) in [6.45, 7) is 9.01. The van der Waals surface area contributed by atoms with Crippen molar-refractivity contribution in [3.05, 3.63) is 94.8 Å². The Kier molecular flexibility index (Phi) is 8.11. The summed E-state index contributed by atoms with van der Waals surface area (Å²) in [4.78, 5) is 34.3. The minimum atomic E-state index is -0.702. The first-order valence-electron chi connectivity index (χ1n) is 12.9. The van der Waals surface area contributed by atoms with E-state index in [1.807, 2.05) is 11.0 Å². The molecule has 7 heteroatoms. The van der Waals surface area contributed by atoms with Gasteiger partial charge in [-0.15, -0.1) is 0 Å². The molecule has 0 saturated carbocycles. The largest absolute Gasteiger partial charge is 0.443 e. The fourth-order valence-electron chi connectivity index (χ4n) is 4.71. The van der Waals surface area contributed by atoms with Crippen molar-refractivity contribution in [2.45, 2.75) is 58.6 Å². The lowest BCUT2D eigenvalue weighted by Gasteiger charge is -2.32. The molecule has 38 heavy (non-hydrogen) atoms. The smallest absolute Gasteiger partial charge is 0.415 e. The number of benzene rings is 2. The number of rotatable bonds is 5. The lowest BCUT2D eigenvalue weighted by molar-refractivity contribution is 0.0576. The summed E-state index contributed by atoms with van der Waals surface area (Å²) in [6.07, 6.45) is 4.36. The Hall–Kier alpha value is -4.18. The number of amides is 2. The van der Waals surface area contributed by atoms with E-state index in [1.54, 1.807) is 57.4 Å². The minimum absolute atomic E-state index is 0.0994. The van der Waals surface area contributed by atoms with E-state index in [2.05, 4.69) is 42.2 Å². The van der Waals surface area contributed by atoms with Gasteiger partial charge in [-0.25, -0.2) is 4.79 Å². The van der Waals surface area contributed by atoms with Crippen LogP contribution in [0.4, 0.5) is 10.5 Å². The van der Waals surface area contributed by atoms with Crippen LogP contribution in [0.5, 0.6) is 0 Å². The molecule has 7 nitrogen and oxygen atoms in total. The van der Waals surface area contributed by atoms with Crippen LogP contribution in [0.1, 0.15) is 72.1 Å². The van der Waals surface area contributed by atoms with Crippen LogP contribution in [0, 0.1) is 18.3 Å². The number of aryl methyl sites for hydroxylation is 1. The van der Waals surface area contributed by atoms with Crippen LogP contribution in [-0.2, 0) is 11.3 Å². The average molecular weight is 511 g/mol. The topological polar surface area (TPSA) is 86.5 Å². The van der Waals surface area contributed by atoms with Crippen LogP contribution in [0.15, 0.2) is 67.0 Å². The molecule has 0 atom stereocenters. The summed E-state index contributed by atoms with van der Waals surface area (Å²) < 4.78 is 5.66. The Bertz CT molecular complexity index is 1350. The molecule has 0 aliphatic carbocycles. The highest BCUT2D eigenvalue weighted by atomic mass is 16.6. The maximum atomic E-state index is 13.4. The zero-order chi connectivity index (χ0) is 27.3. The summed E-state index contributed by atoms with van der Waals surface area (Å²) >= 11 is 0. The maximum absolute atomic E-state index is 13.4. The number of anilines is 1. The van der Waals surface area contributed by atoms with E-state index in [-0.39, 0.29) is 12.5 Å². The summed E-state index contributed by atoms with van der Waals surface area (Å²) in [5.41, 5.74) is 4.03. The molecule has 1 aromatic heterocycles. The van der Waals surface area contributed by atoms with Crippen molar-refractivity contribution in [3.8, 4) is 6.07 Å².